The molecule has 0 radical (unpaired) electrons. The highest BCUT2D eigenvalue weighted by atomic mass is 79.9. The van der Waals surface area contributed by atoms with Crippen molar-refractivity contribution in [2.45, 2.75) is 4.90 Å². The highest BCUT2D eigenvalue weighted by Crippen LogP contribution is 2.24. The van der Waals surface area contributed by atoms with Crippen LogP contribution in [0.1, 0.15) is 11.1 Å². The zero-order valence-electron chi connectivity index (χ0n) is 19.2. The van der Waals surface area contributed by atoms with E-state index in [9.17, 15) is 23.3 Å². The topological polar surface area (TPSA) is 118 Å². The molecule has 4 rings (SSSR count). The summed E-state index contributed by atoms with van der Waals surface area (Å²) >= 11 is 3.31. The Kier molecular flexibility index (Phi) is 7.80. The molecular weight excluding hydrogens is 558 g/mol. The third-order valence-corrected chi connectivity index (χ3v) is 7.19. The average Bonchev–Trinajstić information content (AvgIpc) is 2.89. The predicted octanol–water partition coefficient (Wildman–Crippen LogP) is 6.34. The monoisotopic (exact) mass is 577 g/mol. The standard InChI is InChI=1S/C27H20BrN3O5S/c28-21-8-10-23(11-9-21)30-37(35,36)25-16-12-22(13-17-25)29-27(32)26(20-4-2-1-3-5-20)18-19-6-14-24(15-7-19)31(33)34/h1-18,30H,(H,29,32)/b26-18+. The lowest BCUT2D eigenvalue weighted by Crippen LogP contribution is -2.15. The van der Waals surface area contributed by atoms with Crippen LogP contribution >= 0.6 is 15.9 Å². The van der Waals surface area contributed by atoms with Crippen LogP contribution in [0.15, 0.2) is 112 Å². The van der Waals surface area contributed by atoms with Gasteiger partial charge < -0.3 is 5.32 Å². The van der Waals surface area contributed by atoms with Gasteiger partial charge in [0.05, 0.1) is 9.82 Å². The molecule has 0 bridgehead atoms. The van der Waals surface area contributed by atoms with Crippen molar-refractivity contribution < 1.29 is 18.1 Å². The number of nitrogens with one attached hydrogen (secondary N) is 2. The Bertz CT molecular complexity index is 1550. The fraction of sp³-hybridized carbons (Fsp3) is 0. The van der Waals surface area contributed by atoms with Gasteiger partial charge >= 0.3 is 0 Å². The first-order valence-electron chi connectivity index (χ1n) is 10.9. The van der Waals surface area contributed by atoms with Crippen molar-refractivity contribution in [3.63, 3.8) is 0 Å². The lowest BCUT2D eigenvalue weighted by atomic mass is 10.0. The molecule has 0 fully saturated rings. The van der Waals surface area contributed by atoms with Crippen molar-refractivity contribution in [3.05, 3.63) is 129 Å². The third kappa shape index (κ3) is 6.69. The number of carbonyl (C=O) groups is 1. The van der Waals surface area contributed by atoms with Crippen molar-refractivity contribution in [2.24, 2.45) is 0 Å². The molecule has 0 saturated heterocycles. The largest absolute Gasteiger partial charge is 0.322 e. The van der Waals surface area contributed by atoms with Crippen LogP contribution in [0, 0.1) is 10.1 Å². The van der Waals surface area contributed by atoms with Gasteiger partial charge in [-0.05, 0) is 77.9 Å². The molecule has 0 unspecified atom stereocenters. The second-order valence-electron chi connectivity index (χ2n) is 7.86. The third-order valence-electron chi connectivity index (χ3n) is 5.26. The first-order valence-corrected chi connectivity index (χ1v) is 13.2. The molecule has 186 valence electrons. The van der Waals surface area contributed by atoms with Crippen LogP contribution in [0.5, 0.6) is 0 Å². The van der Waals surface area contributed by atoms with E-state index in [4.69, 9.17) is 0 Å². The molecule has 4 aromatic rings. The molecule has 0 aliphatic heterocycles. The summed E-state index contributed by atoms with van der Waals surface area (Å²) in [6.45, 7) is 0. The van der Waals surface area contributed by atoms with Crippen LogP contribution < -0.4 is 10.0 Å². The van der Waals surface area contributed by atoms with E-state index < -0.39 is 20.9 Å². The van der Waals surface area contributed by atoms with Crippen LogP contribution in [0.25, 0.3) is 11.6 Å². The van der Waals surface area contributed by atoms with Gasteiger partial charge in [-0.1, -0.05) is 46.3 Å². The quantitative estimate of drug-likeness (QED) is 0.110. The Balaban J connectivity index is 1.55. The maximum Gasteiger partial charge on any atom is 0.269 e. The SMILES string of the molecule is O=C(Nc1ccc(S(=O)(=O)Nc2ccc(Br)cc2)cc1)/C(=C/c1ccc([N+](=O)[O-])cc1)c1ccccc1. The fourth-order valence-electron chi connectivity index (χ4n) is 3.40. The van der Waals surface area contributed by atoms with Crippen LogP contribution in [0.3, 0.4) is 0 Å². The number of non-ortho nitro benzene ring substituents is 1. The summed E-state index contributed by atoms with van der Waals surface area (Å²) < 4.78 is 28.8. The summed E-state index contributed by atoms with van der Waals surface area (Å²) in [5, 5.41) is 13.7. The van der Waals surface area contributed by atoms with Gasteiger partial charge in [0.2, 0.25) is 0 Å². The molecule has 0 aromatic heterocycles. The molecule has 0 saturated carbocycles. The van der Waals surface area contributed by atoms with Gasteiger partial charge in [0.1, 0.15) is 0 Å². The van der Waals surface area contributed by atoms with Crippen LogP contribution in [0.4, 0.5) is 17.1 Å². The molecule has 37 heavy (non-hydrogen) atoms. The van der Waals surface area contributed by atoms with E-state index in [0.717, 1.165) is 4.47 Å². The van der Waals surface area contributed by atoms with Gasteiger partial charge in [-0.15, -0.1) is 0 Å². The number of benzene rings is 4. The zero-order chi connectivity index (χ0) is 26.4. The summed E-state index contributed by atoms with van der Waals surface area (Å²) in [6, 6.07) is 27.4. The molecule has 10 heteroatoms. The Hall–Kier alpha value is -4.28. The number of nitro groups is 1. The number of anilines is 2. The average molecular weight is 578 g/mol. The van der Waals surface area contributed by atoms with E-state index in [1.807, 2.05) is 6.07 Å². The molecule has 4 aromatic carbocycles. The van der Waals surface area contributed by atoms with Crippen LogP contribution in [-0.4, -0.2) is 19.2 Å². The molecular formula is C27H20BrN3O5S. The summed E-state index contributed by atoms with van der Waals surface area (Å²) in [6.07, 6.45) is 1.63. The predicted molar refractivity (Wildman–Crippen MR) is 147 cm³/mol. The number of nitrogens with zero attached hydrogens (tertiary/aromatic N) is 1. The fourth-order valence-corrected chi connectivity index (χ4v) is 4.73. The molecule has 0 aliphatic carbocycles. The molecule has 0 aliphatic rings. The summed E-state index contributed by atoms with van der Waals surface area (Å²) in [7, 11) is -3.82. The van der Waals surface area contributed by atoms with E-state index in [1.165, 1.54) is 36.4 Å². The maximum atomic E-state index is 13.2. The van der Waals surface area contributed by atoms with Gasteiger partial charge in [-0.25, -0.2) is 8.42 Å². The van der Waals surface area contributed by atoms with E-state index >= 15 is 0 Å². The molecule has 1 amide bonds. The molecule has 0 heterocycles. The first kappa shape index (κ1) is 25.8. The maximum absolute atomic E-state index is 13.2. The Morgan fingerprint density at radius 2 is 1.41 bits per heavy atom. The number of hydrogen-bond acceptors (Lipinski definition) is 5. The van der Waals surface area contributed by atoms with Crippen LogP contribution in [0.2, 0.25) is 0 Å². The zero-order valence-corrected chi connectivity index (χ0v) is 21.6. The summed E-state index contributed by atoms with van der Waals surface area (Å²) in [4.78, 5) is 23.7. The number of nitro benzene ring substituents is 1. The smallest absolute Gasteiger partial charge is 0.269 e. The van der Waals surface area contributed by atoms with Gasteiger partial charge in [0, 0.05) is 33.6 Å². The van der Waals surface area contributed by atoms with Crippen molar-refractivity contribution in [3.8, 4) is 0 Å². The Morgan fingerprint density at radius 3 is 2.00 bits per heavy atom. The van der Waals surface area contributed by atoms with E-state index in [2.05, 4.69) is 26.0 Å². The Morgan fingerprint density at radius 1 is 0.811 bits per heavy atom. The minimum absolute atomic E-state index is 0.0399. The number of amides is 1. The second kappa shape index (κ2) is 11.2. The van der Waals surface area contributed by atoms with E-state index in [-0.39, 0.29) is 10.6 Å². The number of rotatable bonds is 8. The summed E-state index contributed by atoms with van der Waals surface area (Å²) in [5.41, 5.74) is 2.37. The van der Waals surface area contributed by atoms with Crippen molar-refractivity contribution in [1.82, 2.24) is 0 Å². The number of carbonyl (C=O) groups excluding carboxylic acids is 1. The lowest BCUT2D eigenvalue weighted by molar-refractivity contribution is -0.384. The first-order chi connectivity index (χ1) is 17.7. The number of hydrogen-bond donors (Lipinski definition) is 2. The van der Waals surface area contributed by atoms with Gasteiger partial charge in [0.25, 0.3) is 21.6 Å². The highest BCUT2D eigenvalue weighted by Gasteiger charge is 2.16. The number of sulfonamides is 1. The van der Waals surface area contributed by atoms with Gasteiger partial charge in [-0.3, -0.25) is 19.6 Å². The van der Waals surface area contributed by atoms with Crippen LogP contribution in [-0.2, 0) is 14.8 Å². The van der Waals surface area contributed by atoms with Gasteiger partial charge in [0.15, 0.2) is 0 Å². The molecule has 2 N–H and O–H groups in total. The minimum atomic E-state index is -3.82. The van der Waals surface area contributed by atoms with Crippen molar-refractivity contribution >= 4 is 60.6 Å². The molecule has 0 spiro atoms. The molecule has 0 atom stereocenters. The second-order valence-corrected chi connectivity index (χ2v) is 10.5. The minimum Gasteiger partial charge on any atom is -0.322 e. The summed E-state index contributed by atoms with van der Waals surface area (Å²) in [5.74, 6) is -0.423. The normalized spacial score (nSPS) is 11.5. The van der Waals surface area contributed by atoms with Crippen molar-refractivity contribution in [1.29, 1.82) is 0 Å². The highest BCUT2D eigenvalue weighted by molar-refractivity contribution is 9.10. The lowest BCUT2D eigenvalue weighted by Gasteiger charge is -2.11. The molecule has 8 nitrogen and oxygen atoms in total. The van der Waals surface area contributed by atoms with Gasteiger partial charge in [-0.2, -0.15) is 0 Å². The van der Waals surface area contributed by atoms with Crippen molar-refractivity contribution in [2.75, 3.05) is 10.0 Å². The van der Waals surface area contributed by atoms with E-state index in [0.29, 0.717) is 28.1 Å². The van der Waals surface area contributed by atoms with E-state index in [1.54, 1.807) is 66.7 Å². The number of halogens is 1. The Labute approximate surface area is 222 Å².